The fourth-order valence-electron chi connectivity index (χ4n) is 1.78. The lowest BCUT2D eigenvalue weighted by atomic mass is 10.2. The second-order valence-electron chi connectivity index (χ2n) is 6.12. The lowest BCUT2D eigenvalue weighted by Crippen LogP contribution is -2.33. The largest absolute Gasteiger partial charge is 0.443 e. The van der Waals surface area contributed by atoms with Crippen molar-refractivity contribution in [3.8, 4) is 0 Å². The van der Waals surface area contributed by atoms with Gasteiger partial charge in [0.2, 0.25) is 5.56 Å². The average Bonchev–Trinajstić information content (AvgIpc) is 2.40. The van der Waals surface area contributed by atoms with E-state index in [0.29, 0.717) is 6.54 Å². The number of hydrogen-bond acceptors (Lipinski definition) is 4. The van der Waals surface area contributed by atoms with Crippen molar-refractivity contribution in [2.75, 3.05) is 6.54 Å². The monoisotopic (exact) mass is 326 g/mol. The summed E-state index contributed by atoms with van der Waals surface area (Å²) in [6.45, 7) is 8.29. The summed E-state index contributed by atoms with van der Waals surface area (Å²) in [7, 11) is 0. The molecule has 0 aliphatic rings. The zero-order chi connectivity index (χ0) is 16.6. The Balaban J connectivity index is 2.72. The number of rotatable bonds is 7. The van der Waals surface area contributed by atoms with Crippen LogP contribution in [0.3, 0.4) is 0 Å². The minimum Gasteiger partial charge on any atom is -0.443 e. The van der Waals surface area contributed by atoms with Crippen molar-refractivity contribution in [3.63, 3.8) is 0 Å². The molecular weight excluding hydrogens is 300 g/mol. The van der Waals surface area contributed by atoms with Crippen LogP contribution in [-0.2, 0) is 4.74 Å². The maximum Gasteiger partial charge on any atom is 0.420 e. The molecule has 1 amide bonds. The Hall–Kier alpha value is -1.43. The number of unbranched alkanes of at least 4 members (excludes halogenated alkanes) is 3. The third-order valence-corrected chi connectivity index (χ3v) is 3.79. The molecule has 22 heavy (non-hydrogen) atoms. The predicted octanol–water partition coefficient (Wildman–Crippen LogP) is 4.20. The smallest absolute Gasteiger partial charge is 0.420 e. The van der Waals surface area contributed by atoms with E-state index in [9.17, 15) is 9.59 Å². The first-order valence-corrected chi connectivity index (χ1v) is 8.46. The van der Waals surface area contributed by atoms with E-state index < -0.39 is 5.60 Å². The van der Waals surface area contributed by atoms with Crippen LogP contribution in [0.5, 0.6) is 0 Å². The van der Waals surface area contributed by atoms with Crippen molar-refractivity contribution in [1.29, 1.82) is 0 Å². The normalized spacial score (nSPS) is 11.3. The third kappa shape index (κ3) is 7.54. The van der Waals surface area contributed by atoms with Gasteiger partial charge in [0.25, 0.3) is 0 Å². The lowest BCUT2D eigenvalue weighted by Gasteiger charge is -2.26. The van der Waals surface area contributed by atoms with Gasteiger partial charge in [-0.3, -0.25) is 4.79 Å². The molecule has 0 unspecified atom stereocenters. The highest BCUT2D eigenvalue weighted by Crippen LogP contribution is 2.24. The standard InChI is InChI=1S/C16H26N2O3S/c1-5-6-7-8-11-18(15(20)21-16(2,3)4)22-13-9-10-17-14(19)12-13/h9-10,12H,5-8,11H2,1-4H3,(H,17,19). The first kappa shape index (κ1) is 18.6. The maximum atomic E-state index is 12.3. The van der Waals surface area contributed by atoms with Crippen molar-refractivity contribution in [3.05, 3.63) is 28.7 Å². The van der Waals surface area contributed by atoms with Gasteiger partial charge in [0, 0.05) is 23.7 Å². The Bertz CT molecular complexity index is 523. The molecule has 1 aromatic heterocycles. The van der Waals surface area contributed by atoms with Crippen LogP contribution in [0, 0.1) is 0 Å². The molecule has 1 heterocycles. The summed E-state index contributed by atoms with van der Waals surface area (Å²) >= 11 is 1.25. The Morgan fingerprint density at radius 2 is 2.05 bits per heavy atom. The number of ether oxygens (including phenoxy) is 1. The Morgan fingerprint density at radius 1 is 1.32 bits per heavy atom. The van der Waals surface area contributed by atoms with Crippen LogP contribution in [0.1, 0.15) is 53.4 Å². The summed E-state index contributed by atoms with van der Waals surface area (Å²) in [4.78, 5) is 27.0. The van der Waals surface area contributed by atoms with E-state index in [1.54, 1.807) is 16.6 Å². The highest BCUT2D eigenvalue weighted by atomic mass is 32.2. The number of H-pyrrole nitrogens is 1. The van der Waals surface area contributed by atoms with E-state index >= 15 is 0 Å². The van der Waals surface area contributed by atoms with Crippen molar-refractivity contribution >= 4 is 18.0 Å². The van der Waals surface area contributed by atoms with Crippen LogP contribution in [-0.4, -0.2) is 27.5 Å². The second kappa shape index (κ2) is 8.88. The van der Waals surface area contributed by atoms with E-state index in [2.05, 4.69) is 11.9 Å². The molecule has 0 spiro atoms. The maximum absolute atomic E-state index is 12.3. The number of aromatic nitrogens is 1. The number of carbonyl (C=O) groups excluding carboxylic acids is 1. The number of hydrogen-bond donors (Lipinski definition) is 1. The summed E-state index contributed by atoms with van der Waals surface area (Å²) in [5, 5.41) is 0. The minimum atomic E-state index is -0.534. The van der Waals surface area contributed by atoms with Gasteiger partial charge in [-0.1, -0.05) is 26.2 Å². The van der Waals surface area contributed by atoms with E-state index in [0.717, 1.165) is 30.6 Å². The van der Waals surface area contributed by atoms with Crippen LogP contribution in [0.2, 0.25) is 0 Å². The zero-order valence-corrected chi connectivity index (χ0v) is 14.7. The molecule has 0 fully saturated rings. The van der Waals surface area contributed by atoms with Gasteiger partial charge in [0.05, 0.1) is 0 Å². The molecule has 1 N–H and O–H groups in total. The van der Waals surface area contributed by atoms with Crippen LogP contribution < -0.4 is 5.56 Å². The second-order valence-corrected chi connectivity index (χ2v) is 7.22. The molecule has 6 heteroatoms. The highest BCUT2D eigenvalue weighted by Gasteiger charge is 2.23. The quantitative estimate of drug-likeness (QED) is 0.602. The van der Waals surface area contributed by atoms with Gasteiger partial charge in [-0.15, -0.1) is 0 Å². The molecule has 0 aliphatic carbocycles. The Morgan fingerprint density at radius 3 is 2.64 bits per heavy atom. The summed E-state index contributed by atoms with van der Waals surface area (Å²) in [5.74, 6) is 0. The highest BCUT2D eigenvalue weighted by molar-refractivity contribution is 7.97. The lowest BCUT2D eigenvalue weighted by molar-refractivity contribution is 0.0403. The topological polar surface area (TPSA) is 62.4 Å². The minimum absolute atomic E-state index is 0.180. The summed E-state index contributed by atoms with van der Waals surface area (Å²) in [6, 6.07) is 3.25. The molecule has 124 valence electrons. The molecule has 0 bridgehead atoms. The van der Waals surface area contributed by atoms with Gasteiger partial charge in [-0.25, -0.2) is 9.10 Å². The van der Waals surface area contributed by atoms with Gasteiger partial charge in [0.1, 0.15) is 5.60 Å². The third-order valence-electron chi connectivity index (χ3n) is 2.77. The number of amides is 1. The molecule has 1 aromatic rings. The molecule has 0 aromatic carbocycles. The summed E-state index contributed by atoms with van der Waals surface area (Å²) < 4.78 is 7.03. The van der Waals surface area contributed by atoms with Gasteiger partial charge >= 0.3 is 6.09 Å². The SMILES string of the molecule is CCCCCCN(Sc1cc[nH]c(=O)c1)C(=O)OC(C)(C)C. The molecular formula is C16H26N2O3S. The fourth-order valence-corrected chi connectivity index (χ4v) is 2.65. The van der Waals surface area contributed by atoms with Gasteiger partial charge in [-0.2, -0.15) is 0 Å². The average molecular weight is 326 g/mol. The van der Waals surface area contributed by atoms with Crippen LogP contribution in [0.15, 0.2) is 28.0 Å². The first-order chi connectivity index (χ1) is 10.3. The number of carbonyl (C=O) groups is 1. The summed E-state index contributed by atoms with van der Waals surface area (Å²) in [5.41, 5.74) is -0.715. The zero-order valence-electron chi connectivity index (χ0n) is 13.8. The van der Waals surface area contributed by atoms with Gasteiger partial charge < -0.3 is 9.72 Å². The van der Waals surface area contributed by atoms with E-state index in [1.807, 2.05) is 20.8 Å². The molecule has 0 atom stereocenters. The fraction of sp³-hybridized carbons (Fsp3) is 0.625. The van der Waals surface area contributed by atoms with Crippen LogP contribution in [0.25, 0.3) is 0 Å². The summed E-state index contributed by atoms with van der Waals surface area (Å²) in [6.07, 6.45) is 5.50. The van der Waals surface area contributed by atoms with Crippen molar-refractivity contribution < 1.29 is 9.53 Å². The number of nitrogens with one attached hydrogen (secondary N) is 1. The van der Waals surface area contributed by atoms with Crippen molar-refractivity contribution in [2.45, 2.75) is 63.9 Å². The van der Waals surface area contributed by atoms with E-state index in [4.69, 9.17) is 4.74 Å². The number of aromatic amines is 1. The number of pyridine rings is 1. The van der Waals surface area contributed by atoms with Crippen LogP contribution >= 0.6 is 11.9 Å². The predicted molar refractivity (Wildman–Crippen MR) is 90.0 cm³/mol. The van der Waals surface area contributed by atoms with E-state index in [1.165, 1.54) is 18.0 Å². The molecule has 0 aliphatic heterocycles. The van der Waals surface area contributed by atoms with Gasteiger partial charge in [0.15, 0.2) is 0 Å². The molecule has 0 saturated heterocycles. The first-order valence-electron chi connectivity index (χ1n) is 7.69. The van der Waals surface area contributed by atoms with E-state index in [-0.39, 0.29) is 11.7 Å². The molecule has 1 rings (SSSR count). The van der Waals surface area contributed by atoms with Crippen molar-refractivity contribution in [1.82, 2.24) is 9.29 Å². The van der Waals surface area contributed by atoms with Gasteiger partial charge in [-0.05, 0) is 45.2 Å². The molecule has 5 nitrogen and oxygen atoms in total. The van der Waals surface area contributed by atoms with Crippen LogP contribution in [0.4, 0.5) is 4.79 Å². The Labute approximate surface area is 136 Å². The number of nitrogens with zero attached hydrogens (tertiary/aromatic N) is 1. The molecule has 0 radical (unpaired) electrons. The van der Waals surface area contributed by atoms with Crippen molar-refractivity contribution in [2.24, 2.45) is 0 Å². The Kier molecular flexibility index (Phi) is 7.51. The molecule has 0 saturated carbocycles.